The molecule has 0 aromatic heterocycles. The van der Waals surface area contributed by atoms with Crippen LogP contribution in [0.2, 0.25) is 0 Å². The lowest BCUT2D eigenvalue weighted by Crippen LogP contribution is -2.27. The summed E-state index contributed by atoms with van der Waals surface area (Å²) in [5, 5.41) is 2.88. The van der Waals surface area contributed by atoms with E-state index in [1.165, 1.54) is 16.7 Å². The topological polar surface area (TPSA) is 67.9 Å². The Morgan fingerprint density at radius 3 is 2.40 bits per heavy atom. The van der Waals surface area contributed by atoms with Gasteiger partial charge >= 0.3 is 0 Å². The summed E-state index contributed by atoms with van der Waals surface area (Å²) in [5.74, 6) is 0.863. The molecule has 0 atom stereocenters. The summed E-state index contributed by atoms with van der Waals surface area (Å²) < 4.78 is 11.3. The predicted molar refractivity (Wildman–Crippen MR) is 145 cm³/mol. The summed E-state index contributed by atoms with van der Waals surface area (Å²) in [5.41, 5.74) is 4.36. The Kier molecular flexibility index (Phi) is 7.53. The minimum absolute atomic E-state index is 0.104. The number of rotatable bonds is 7. The number of benzene rings is 3. The minimum atomic E-state index is -0.231. The monoisotopic (exact) mass is 504 g/mol. The summed E-state index contributed by atoms with van der Waals surface area (Å²) >= 11 is 6.69. The average molecular weight is 505 g/mol. The Labute approximate surface area is 213 Å². The summed E-state index contributed by atoms with van der Waals surface area (Å²) in [6.45, 7) is 3.82. The fraction of sp³-hybridized carbons (Fsp3) is 0.148. The van der Waals surface area contributed by atoms with Crippen molar-refractivity contribution in [1.82, 2.24) is 0 Å². The van der Waals surface area contributed by atoms with E-state index in [2.05, 4.69) is 5.32 Å². The van der Waals surface area contributed by atoms with Crippen LogP contribution in [-0.4, -0.2) is 29.9 Å². The quantitative estimate of drug-likeness (QED) is 0.327. The highest BCUT2D eigenvalue weighted by atomic mass is 32.2. The fourth-order valence-corrected chi connectivity index (χ4v) is 4.74. The molecule has 0 bridgehead atoms. The molecule has 8 heteroatoms. The lowest BCUT2D eigenvalue weighted by Gasteiger charge is -2.14. The molecule has 35 heavy (non-hydrogen) atoms. The van der Waals surface area contributed by atoms with Crippen LogP contribution in [-0.2, 0) is 9.59 Å². The van der Waals surface area contributed by atoms with Gasteiger partial charge < -0.3 is 14.8 Å². The molecule has 1 N–H and O–H groups in total. The second kappa shape index (κ2) is 10.8. The van der Waals surface area contributed by atoms with Crippen LogP contribution in [0.15, 0.2) is 71.6 Å². The number of hydrogen-bond acceptors (Lipinski definition) is 6. The first-order valence-corrected chi connectivity index (χ1v) is 12.1. The van der Waals surface area contributed by atoms with Gasteiger partial charge in [-0.05, 0) is 79.1 Å². The molecule has 2 amide bonds. The van der Waals surface area contributed by atoms with Gasteiger partial charge in [0.2, 0.25) is 0 Å². The molecule has 0 spiro atoms. The van der Waals surface area contributed by atoms with E-state index in [1.807, 2.05) is 44.2 Å². The number of hydrogen-bond donors (Lipinski definition) is 1. The van der Waals surface area contributed by atoms with Crippen LogP contribution in [0.1, 0.15) is 16.7 Å². The Hall–Kier alpha value is -3.62. The lowest BCUT2D eigenvalue weighted by atomic mass is 10.1. The predicted octanol–water partition coefficient (Wildman–Crippen LogP) is 5.74. The van der Waals surface area contributed by atoms with Gasteiger partial charge in [-0.3, -0.25) is 14.5 Å². The van der Waals surface area contributed by atoms with Gasteiger partial charge in [-0.25, -0.2) is 0 Å². The highest BCUT2D eigenvalue weighted by Gasteiger charge is 2.33. The van der Waals surface area contributed by atoms with Crippen LogP contribution >= 0.6 is 24.0 Å². The zero-order valence-electron chi connectivity index (χ0n) is 19.5. The number of amides is 2. The number of thiocarbonyl (C=S) groups is 1. The van der Waals surface area contributed by atoms with Crippen molar-refractivity contribution in [2.45, 2.75) is 13.8 Å². The third kappa shape index (κ3) is 5.90. The highest BCUT2D eigenvalue weighted by molar-refractivity contribution is 8.27. The molecule has 1 aliphatic rings. The van der Waals surface area contributed by atoms with Crippen LogP contribution < -0.4 is 19.7 Å². The maximum absolute atomic E-state index is 13.0. The number of ether oxygens (including phenoxy) is 2. The molecule has 1 aliphatic heterocycles. The van der Waals surface area contributed by atoms with Crippen molar-refractivity contribution < 1.29 is 19.1 Å². The molecule has 1 saturated heterocycles. The number of thioether (sulfide) groups is 1. The second-order valence-electron chi connectivity index (χ2n) is 7.94. The van der Waals surface area contributed by atoms with Crippen molar-refractivity contribution in [1.29, 1.82) is 0 Å². The maximum atomic E-state index is 13.0. The third-order valence-corrected chi connectivity index (χ3v) is 6.64. The molecule has 0 radical (unpaired) electrons. The van der Waals surface area contributed by atoms with Crippen LogP contribution in [0.5, 0.6) is 11.5 Å². The van der Waals surface area contributed by atoms with E-state index in [0.29, 0.717) is 26.4 Å². The molecule has 178 valence electrons. The number of carbonyl (C=O) groups is 2. The standard InChI is InChI=1S/C27H24N2O4S2/c1-17-4-5-18(2)23(14-17)28-25(30)16-33-22-10-6-19(7-11-22)15-24-26(31)29(27(34)35-24)20-8-12-21(32-3)13-9-20/h4-15H,16H2,1-3H3,(H,28,30)/b24-15-. The van der Waals surface area contributed by atoms with E-state index >= 15 is 0 Å². The van der Waals surface area contributed by atoms with E-state index in [9.17, 15) is 9.59 Å². The van der Waals surface area contributed by atoms with Gasteiger partial charge in [-0.2, -0.15) is 0 Å². The van der Waals surface area contributed by atoms with Gasteiger partial charge in [0.1, 0.15) is 11.5 Å². The Balaban J connectivity index is 1.37. The summed E-state index contributed by atoms with van der Waals surface area (Å²) in [4.78, 5) is 27.3. The van der Waals surface area contributed by atoms with Crippen molar-refractivity contribution in [2.24, 2.45) is 0 Å². The lowest BCUT2D eigenvalue weighted by molar-refractivity contribution is -0.118. The third-order valence-electron chi connectivity index (χ3n) is 5.34. The molecular formula is C27H24N2O4S2. The number of nitrogens with one attached hydrogen (secondary N) is 1. The molecule has 0 unspecified atom stereocenters. The number of methoxy groups -OCH3 is 1. The Bertz CT molecular complexity index is 1300. The van der Waals surface area contributed by atoms with Crippen molar-refractivity contribution >= 4 is 57.6 Å². The zero-order valence-corrected chi connectivity index (χ0v) is 21.2. The maximum Gasteiger partial charge on any atom is 0.270 e. The summed E-state index contributed by atoms with van der Waals surface area (Å²) in [7, 11) is 1.59. The second-order valence-corrected chi connectivity index (χ2v) is 9.62. The Morgan fingerprint density at radius 1 is 1.03 bits per heavy atom. The van der Waals surface area contributed by atoms with Gasteiger partial charge in [-0.1, -0.05) is 48.2 Å². The van der Waals surface area contributed by atoms with E-state index < -0.39 is 0 Å². The van der Waals surface area contributed by atoms with Crippen molar-refractivity contribution in [3.63, 3.8) is 0 Å². The Morgan fingerprint density at radius 2 is 1.71 bits per heavy atom. The normalized spacial score (nSPS) is 14.4. The number of nitrogens with zero attached hydrogens (tertiary/aromatic N) is 1. The SMILES string of the molecule is COc1ccc(N2C(=O)/C(=C/c3ccc(OCC(=O)Nc4cc(C)ccc4C)cc3)SC2=S)cc1. The van der Waals surface area contributed by atoms with E-state index in [-0.39, 0.29) is 18.4 Å². The summed E-state index contributed by atoms with van der Waals surface area (Å²) in [6, 6.07) is 20.3. The van der Waals surface area contributed by atoms with Crippen molar-refractivity contribution in [2.75, 3.05) is 23.9 Å². The average Bonchev–Trinajstić information content (AvgIpc) is 3.13. The van der Waals surface area contributed by atoms with Crippen LogP contribution in [0.3, 0.4) is 0 Å². The first-order chi connectivity index (χ1) is 16.8. The molecule has 4 rings (SSSR count). The highest BCUT2D eigenvalue weighted by Crippen LogP contribution is 2.36. The smallest absolute Gasteiger partial charge is 0.270 e. The molecule has 0 saturated carbocycles. The summed E-state index contributed by atoms with van der Waals surface area (Å²) in [6.07, 6.45) is 1.79. The van der Waals surface area contributed by atoms with Crippen LogP contribution in [0.4, 0.5) is 11.4 Å². The first-order valence-electron chi connectivity index (χ1n) is 10.9. The molecule has 0 aliphatic carbocycles. The molecular weight excluding hydrogens is 480 g/mol. The zero-order chi connectivity index (χ0) is 24.9. The number of aryl methyl sites for hydroxylation is 2. The van der Waals surface area contributed by atoms with Crippen molar-refractivity contribution in [3.8, 4) is 11.5 Å². The van der Waals surface area contributed by atoms with Crippen LogP contribution in [0, 0.1) is 13.8 Å². The minimum Gasteiger partial charge on any atom is -0.497 e. The van der Waals surface area contributed by atoms with Gasteiger partial charge in [0.05, 0.1) is 17.7 Å². The van der Waals surface area contributed by atoms with Gasteiger partial charge in [-0.15, -0.1) is 0 Å². The van der Waals surface area contributed by atoms with Crippen molar-refractivity contribution in [3.05, 3.63) is 88.3 Å². The largest absolute Gasteiger partial charge is 0.497 e. The van der Waals surface area contributed by atoms with Gasteiger partial charge in [0, 0.05) is 5.69 Å². The van der Waals surface area contributed by atoms with E-state index in [1.54, 1.807) is 49.6 Å². The van der Waals surface area contributed by atoms with E-state index in [0.717, 1.165) is 22.4 Å². The number of carbonyl (C=O) groups excluding carboxylic acids is 2. The molecule has 6 nitrogen and oxygen atoms in total. The fourth-order valence-electron chi connectivity index (χ4n) is 3.44. The van der Waals surface area contributed by atoms with Gasteiger partial charge in [0.25, 0.3) is 11.8 Å². The molecule has 1 fully saturated rings. The number of anilines is 2. The first kappa shape index (κ1) is 24.5. The van der Waals surface area contributed by atoms with Crippen LogP contribution in [0.25, 0.3) is 6.08 Å². The molecule has 1 heterocycles. The molecule has 3 aromatic carbocycles. The van der Waals surface area contributed by atoms with E-state index in [4.69, 9.17) is 21.7 Å². The van der Waals surface area contributed by atoms with Gasteiger partial charge in [0.15, 0.2) is 10.9 Å². The molecule has 3 aromatic rings.